The zero-order chi connectivity index (χ0) is 17.9. The molecule has 1 aliphatic heterocycles. The highest BCUT2D eigenvalue weighted by atomic mass is 19.1. The summed E-state index contributed by atoms with van der Waals surface area (Å²) in [6, 6.07) is 4.32. The molecule has 0 aromatic heterocycles. The summed E-state index contributed by atoms with van der Waals surface area (Å²) in [6.45, 7) is 5.94. The zero-order valence-corrected chi connectivity index (χ0v) is 14.7. The zero-order valence-electron chi connectivity index (χ0n) is 14.7. The van der Waals surface area contributed by atoms with Crippen molar-refractivity contribution in [3.05, 3.63) is 35.1 Å². The number of ether oxygens (including phenoxy) is 2. The van der Waals surface area contributed by atoms with Crippen molar-refractivity contribution in [3.8, 4) is 0 Å². The molecule has 0 spiro atoms. The fraction of sp³-hybridized carbons (Fsp3) is 0.500. The molecule has 130 valence electrons. The maximum Gasteiger partial charge on any atom is 0.212 e. The second-order valence-electron chi connectivity index (χ2n) is 6.41. The summed E-state index contributed by atoms with van der Waals surface area (Å²) in [6.07, 6.45) is 0.880. The van der Waals surface area contributed by atoms with Crippen molar-refractivity contribution in [2.24, 2.45) is 15.9 Å². The molecule has 0 fully saturated rings. The van der Waals surface area contributed by atoms with Gasteiger partial charge >= 0.3 is 0 Å². The van der Waals surface area contributed by atoms with Crippen LogP contribution in [0.1, 0.15) is 36.7 Å². The average molecular weight is 334 g/mol. The number of nitrogens with zero attached hydrogens (tertiary/aromatic N) is 2. The van der Waals surface area contributed by atoms with Crippen molar-refractivity contribution in [1.29, 1.82) is 0 Å². The van der Waals surface area contributed by atoms with Gasteiger partial charge in [-0.1, -0.05) is 19.9 Å². The van der Waals surface area contributed by atoms with E-state index >= 15 is 0 Å². The molecule has 0 saturated carbocycles. The van der Waals surface area contributed by atoms with Gasteiger partial charge in [-0.3, -0.25) is 4.79 Å². The van der Waals surface area contributed by atoms with Crippen LogP contribution < -0.4 is 0 Å². The number of rotatable bonds is 4. The molecule has 0 N–H and O–H groups in total. The van der Waals surface area contributed by atoms with E-state index in [2.05, 4.69) is 4.99 Å². The van der Waals surface area contributed by atoms with E-state index in [-0.39, 0.29) is 17.5 Å². The highest BCUT2D eigenvalue weighted by Gasteiger charge is 2.40. The van der Waals surface area contributed by atoms with Crippen LogP contribution in [0.15, 0.2) is 28.2 Å². The van der Waals surface area contributed by atoms with Crippen molar-refractivity contribution in [1.82, 2.24) is 0 Å². The van der Waals surface area contributed by atoms with E-state index in [0.29, 0.717) is 30.1 Å². The molecule has 0 radical (unpaired) electrons. The van der Waals surface area contributed by atoms with Crippen LogP contribution in [0.25, 0.3) is 0 Å². The van der Waals surface area contributed by atoms with Crippen molar-refractivity contribution in [2.45, 2.75) is 38.8 Å². The Balaban J connectivity index is 2.39. The van der Waals surface area contributed by atoms with Crippen molar-refractivity contribution < 1.29 is 18.7 Å². The third kappa shape index (κ3) is 3.47. The maximum atomic E-state index is 13.9. The number of hydrogen-bond acceptors (Lipinski definition) is 5. The first-order chi connectivity index (χ1) is 11.3. The lowest BCUT2D eigenvalue weighted by Crippen LogP contribution is -2.46. The van der Waals surface area contributed by atoms with E-state index < -0.39 is 11.4 Å². The van der Waals surface area contributed by atoms with E-state index in [4.69, 9.17) is 14.5 Å². The van der Waals surface area contributed by atoms with Gasteiger partial charge in [-0.15, -0.1) is 0 Å². The first-order valence-electron chi connectivity index (χ1n) is 7.84. The monoisotopic (exact) mass is 334 g/mol. The lowest BCUT2D eigenvalue weighted by atomic mass is 9.90. The fourth-order valence-corrected chi connectivity index (χ4v) is 2.84. The van der Waals surface area contributed by atoms with Gasteiger partial charge in [0.25, 0.3) is 0 Å². The van der Waals surface area contributed by atoms with Gasteiger partial charge < -0.3 is 9.47 Å². The number of halogens is 1. The molecular formula is C18H23FN2O3. The van der Waals surface area contributed by atoms with Crippen LogP contribution in [0, 0.1) is 11.7 Å². The quantitative estimate of drug-likeness (QED) is 0.795. The summed E-state index contributed by atoms with van der Waals surface area (Å²) < 4.78 is 24.7. The normalized spacial score (nSPS) is 23.5. The largest absolute Gasteiger partial charge is 0.483 e. The number of aliphatic imine (C=N–C) groups is 2. The van der Waals surface area contributed by atoms with Gasteiger partial charge in [0, 0.05) is 6.42 Å². The standard InChI is InChI=1S/C18H23FN2O3/c1-11(2)15-16(23-4)21-18(3,17(20-15)24-5)9-12-6-7-13(10-22)14(19)8-12/h6-8,10-11,15H,9H2,1-5H3/t15-,18+/m1/s1. The van der Waals surface area contributed by atoms with Gasteiger partial charge in [0.05, 0.1) is 19.8 Å². The fourth-order valence-electron chi connectivity index (χ4n) is 2.84. The topological polar surface area (TPSA) is 60.2 Å². The molecule has 1 aliphatic rings. The second kappa shape index (κ2) is 7.11. The van der Waals surface area contributed by atoms with Gasteiger partial charge in [-0.05, 0) is 30.5 Å². The number of carbonyl (C=O) groups is 1. The molecule has 24 heavy (non-hydrogen) atoms. The predicted molar refractivity (Wildman–Crippen MR) is 91.4 cm³/mol. The number of benzene rings is 1. The van der Waals surface area contributed by atoms with E-state index in [9.17, 15) is 9.18 Å². The van der Waals surface area contributed by atoms with Gasteiger partial charge in [-0.25, -0.2) is 14.4 Å². The highest BCUT2D eigenvalue weighted by Crippen LogP contribution is 2.28. The summed E-state index contributed by atoms with van der Waals surface area (Å²) in [5.41, 5.74) is -0.0534. The third-order valence-corrected chi connectivity index (χ3v) is 4.10. The van der Waals surface area contributed by atoms with E-state index in [1.54, 1.807) is 20.3 Å². The van der Waals surface area contributed by atoms with Crippen molar-refractivity contribution in [2.75, 3.05) is 14.2 Å². The number of methoxy groups -OCH3 is 2. The Bertz CT molecular complexity index is 685. The first kappa shape index (κ1) is 18.1. The highest BCUT2D eigenvalue weighted by molar-refractivity contribution is 5.96. The molecule has 2 atom stereocenters. The molecule has 1 aromatic carbocycles. The molecule has 6 heteroatoms. The summed E-state index contributed by atoms with van der Waals surface area (Å²) in [5.74, 6) is 0.691. The van der Waals surface area contributed by atoms with Gasteiger partial charge in [-0.2, -0.15) is 0 Å². The van der Waals surface area contributed by atoms with Gasteiger partial charge in [0.2, 0.25) is 11.8 Å². The average Bonchev–Trinajstić information content (AvgIpc) is 2.54. The Morgan fingerprint density at radius 3 is 2.54 bits per heavy atom. The first-order valence-corrected chi connectivity index (χ1v) is 7.84. The number of aldehydes is 1. The summed E-state index contributed by atoms with van der Waals surface area (Å²) in [5, 5.41) is 0. The van der Waals surface area contributed by atoms with E-state index in [0.717, 1.165) is 0 Å². The van der Waals surface area contributed by atoms with Crippen LogP contribution >= 0.6 is 0 Å². The minimum Gasteiger partial charge on any atom is -0.483 e. The maximum absolute atomic E-state index is 13.9. The summed E-state index contributed by atoms with van der Waals surface area (Å²) in [4.78, 5) is 20.1. The number of hydrogen-bond donors (Lipinski definition) is 0. The Morgan fingerprint density at radius 1 is 1.33 bits per heavy atom. The van der Waals surface area contributed by atoms with Crippen LogP contribution in [-0.4, -0.2) is 43.9 Å². The lowest BCUT2D eigenvalue weighted by Gasteiger charge is -2.33. The molecule has 0 bridgehead atoms. The smallest absolute Gasteiger partial charge is 0.212 e. The van der Waals surface area contributed by atoms with Crippen LogP contribution in [-0.2, 0) is 15.9 Å². The predicted octanol–water partition coefficient (Wildman–Crippen LogP) is 3.07. The Labute approximate surface area is 141 Å². The SMILES string of the molecule is COC1=N[C@@](C)(Cc2ccc(C=O)c(F)c2)C(OC)=N[C@@H]1C(C)C. The van der Waals surface area contributed by atoms with Gasteiger partial charge in [0.15, 0.2) is 6.29 Å². The van der Waals surface area contributed by atoms with Crippen LogP contribution in [0.3, 0.4) is 0 Å². The van der Waals surface area contributed by atoms with Gasteiger partial charge in [0.1, 0.15) is 17.4 Å². The van der Waals surface area contributed by atoms with Crippen molar-refractivity contribution >= 4 is 18.1 Å². The van der Waals surface area contributed by atoms with E-state index in [1.807, 2.05) is 20.8 Å². The molecule has 0 amide bonds. The molecule has 1 aromatic rings. The second-order valence-corrected chi connectivity index (χ2v) is 6.41. The molecule has 0 saturated heterocycles. The number of carbonyl (C=O) groups excluding carboxylic acids is 1. The third-order valence-electron chi connectivity index (χ3n) is 4.10. The van der Waals surface area contributed by atoms with Crippen molar-refractivity contribution in [3.63, 3.8) is 0 Å². The van der Waals surface area contributed by atoms with E-state index in [1.165, 1.54) is 12.1 Å². The lowest BCUT2D eigenvalue weighted by molar-refractivity contribution is 0.112. The minimum atomic E-state index is -0.791. The van der Waals surface area contributed by atoms with Crippen LogP contribution in [0.4, 0.5) is 4.39 Å². The summed E-state index contributed by atoms with van der Waals surface area (Å²) >= 11 is 0. The summed E-state index contributed by atoms with van der Waals surface area (Å²) in [7, 11) is 3.12. The molecule has 5 nitrogen and oxygen atoms in total. The molecule has 0 aliphatic carbocycles. The Morgan fingerprint density at radius 2 is 2.04 bits per heavy atom. The molecular weight excluding hydrogens is 311 g/mol. The Kier molecular flexibility index (Phi) is 5.36. The molecule has 0 unspecified atom stereocenters. The molecule has 1 heterocycles. The minimum absolute atomic E-state index is 0.0362. The molecule has 2 rings (SSSR count). The van der Waals surface area contributed by atoms with Crippen LogP contribution in [0.2, 0.25) is 0 Å². The van der Waals surface area contributed by atoms with Crippen LogP contribution in [0.5, 0.6) is 0 Å². The Hall–Kier alpha value is -2.24.